The molecule has 1 N–H and O–H groups in total. The summed E-state index contributed by atoms with van der Waals surface area (Å²) in [5.74, 6) is 0.879. The average Bonchev–Trinajstić information content (AvgIpc) is 2.65. The molecule has 1 atom stereocenters. The first-order chi connectivity index (χ1) is 12.8. The molecule has 7 nitrogen and oxygen atoms in total. The predicted molar refractivity (Wildman–Crippen MR) is 105 cm³/mol. The van der Waals surface area contributed by atoms with Crippen LogP contribution in [0.25, 0.3) is 0 Å². The minimum Gasteiger partial charge on any atom is -0.493 e. The van der Waals surface area contributed by atoms with E-state index in [0.717, 1.165) is 37.7 Å². The number of amides is 1. The minimum absolute atomic E-state index is 0.0871. The molecule has 0 bridgehead atoms. The van der Waals surface area contributed by atoms with Crippen molar-refractivity contribution < 1.29 is 22.7 Å². The van der Waals surface area contributed by atoms with Gasteiger partial charge >= 0.3 is 0 Å². The van der Waals surface area contributed by atoms with Crippen LogP contribution in [0.2, 0.25) is 0 Å². The largest absolute Gasteiger partial charge is 0.493 e. The lowest BCUT2D eigenvalue weighted by Crippen LogP contribution is -2.46. The lowest BCUT2D eigenvalue weighted by molar-refractivity contribution is -0.122. The molecule has 0 unspecified atom stereocenters. The topological polar surface area (TPSA) is 84.9 Å². The normalized spacial score (nSPS) is 16.8. The molecule has 8 heteroatoms. The van der Waals surface area contributed by atoms with Gasteiger partial charge < -0.3 is 14.8 Å². The number of nitrogens with zero attached hydrogens (tertiary/aromatic N) is 1. The summed E-state index contributed by atoms with van der Waals surface area (Å²) >= 11 is 0. The molecule has 27 heavy (non-hydrogen) atoms. The lowest BCUT2D eigenvalue weighted by atomic mass is 9.95. The third kappa shape index (κ3) is 5.84. The Morgan fingerprint density at radius 2 is 1.81 bits per heavy atom. The van der Waals surface area contributed by atoms with E-state index in [0.29, 0.717) is 11.5 Å². The highest BCUT2D eigenvalue weighted by molar-refractivity contribution is 7.88. The molecule has 1 aromatic carbocycles. The molecule has 0 radical (unpaired) electrons. The number of benzene rings is 1. The molecule has 0 aliphatic heterocycles. The molecule has 1 aliphatic carbocycles. The van der Waals surface area contributed by atoms with Crippen molar-refractivity contribution in [2.24, 2.45) is 0 Å². The molecule has 2 rings (SSSR count). The van der Waals surface area contributed by atoms with Gasteiger partial charge in [-0.1, -0.05) is 25.3 Å². The fraction of sp³-hybridized carbons (Fsp3) is 0.632. The van der Waals surface area contributed by atoms with Gasteiger partial charge in [-0.25, -0.2) is 8.42 Å². The maximum absolute atomic E-state index is 12.5. The fourth-order valence-electron chi connectivity index (χ4n) is 3.52. The van der Waals surface area contributed by atoms with Crippen LogP contribution in [-0.4, -0.2) is 51.7 Å². The van der Waals surface area contributed by atoms with E-state index in [1.54, 1.807) is 26.4 Å². The summed E-state index contributed by atoms with van der Waals surface area (Å²) in [7, 11) is -0.326. The maximum Gasteiger partial charge on any atom is 0.235 e. The molecule has 1 saturated carbocycles. The zero-order chi connectivity index (χ0) is 20.0. The van der Waals surface area contributed by atoms with Crippen molar-refractivity contribution in [1.82, 2.24) is 9.62 Å². The number of hydrogen-bond donors (Lipinski definition) is 1. The van der Waals surface area contributed by atoms with Crippen LogP contribution in [0.1, 0.15) is 50.6 Å². The molecule has 0 heterocycles. The van der Waals surface area contributed by atoms with Crippen molar-refractivity contribution in [1.29, 1.82) is 0 Å². The minimum atomic E-state index is -3.44. The monoisotopic (exact) mass is 398 g/mol. The van der Waals surface area contributed by atoms with Crippen LogP contribution >= 0.6 is 0 Å². The SMILES string of the molecule is COc1ccc([C@@H](C)NC(=O)CN(C2CCCCC2)S(C)(=O)=O)cc1OC. The van der Waals surface area contributed by atoms with E-state index in [2.05, 4.69) is 5.32 Å². The van der Waals surface area contributed by atoms with Gasteiger partial charge in [-0.2, -0.15) is 4.31 Å². The lowest BCUT2D eigenvalue weighted by Gasteiger charge is -2.32. The summed E-state index contributed by atoms with van der Waals surface area (Å²) in [6, 6.07) is 5.06. The van der Waals surface area contributed by atoms with Crippen LogP contribution < -0.4 is 14.8 Å². The van der Waals surface area contributed by atoms with Crippen LogP contribution in [0.15, 0.2) is 18.2 Å². The first kappa shape index (κ1) is 21.5. The quantitative estimate of drug-likeness (QED) is 0.727. The molecule has 1 aliphatic rings. The highest BCUT2D eigenvalue weighted by Crippen LogP contribution is 2.30. The van der Waals surface area contributed by atoms with Crippen molar-refractivity contribution in [2.45, 2.75) is 51.1 Å². The molecular formula is C19H30N2O5S. The van der Waals surface area contributed by atoms with E-state index >= 15 is 0 Å². The predicted octanol–water partition coefficient (Wildman–Crippen LogP) is 2.48. The summed E-state index contributed by atoms with van der Waals surface area (Å²) in [5, 5.41) is 2.89. The highest BCUT2D eigenvalue weighted by Gasteiger charge is 2.30. The van der Waals surface area contributed by atoms with Gasteiger partial charge in [0.1, 0.15) is 0 Å². The Kier molecular flexibility index (Phi) is 7.49. The second kappa shape index (κ2) is 9.41. The molecule has 0 spiro atoms. The Hall–Kier alpha value is -1.80. The van der Waals surface area contributed by atoms with Gasteiger partial charge in [0.05, 0.1) is 33.1 Å². The van der Waals surface area contributed by atoms with E-state index in [1.165, 1.54) is 10.6 Å². The third-order valence-corrected chi connectivity index (χ3v) is 6.27. The first-order valence-electron chi connectivity index (χ1n) is 9.24. The van der Waals surface area contributed by atoms with Gasteiger partial charge in [0.15, 0.2) is 11.5 Å². The standard InChI is InChI=1S/C19H30N2O5S/c1-14(15-10-11-17(25-2)18(12-15)26-3)20-19(22)13-21(27(4,23)24)16-8-6-5-7-9-16/h10-12,14,16H,5-9,13H2,1-4H3,(H,20,22)/t14-/m1/s1. The van der Waals surface area contributed by atoms with Gasteiger partial charge in [0, 0.05) is 6.04 Å². The van der Waals surface area contributed by atoms with Crippen LogP contribution in [0, 0.1) is 0 Å². The van der Waals surface area contributed by atoms with Crippen molar-refractivity contribution in [3.63, 3.8) is 0 Å². The Morgan fingerprint density at radius 1 is 1.19 bits per heavy atom. The summed E-state index contributed by atoms with van der Waals surface area (Å²) in [6.07, 6.45) is 5.92. The smallest absolute Gasteiger partial charge is 0.235 e. The number of methoxy groups -OCH3 is 2. The number of ether oxygens (including phenoxy) is 2. The number of hydrogen-bond acceptors (Lipinski definition) is 5. The van der Waals surface area contributed by atoms with Crippen molar-refractivity contribution in [3.05, 3.63) is 23.8 Å². The van der Waals surface area contributed by atoms with Crippen LogP contribution in [0.4, 0.5) is 0 Å². The Bertz CT molecular complexity index is 744. The Morgan fingerprint density at radius 3 is 2.37 bits per heavy atom. The van der Waals surface area contributed by atoms with Crippen molar-refractivity contribution >= 4 is 15.9 Å². The zero-order valence-corrected chi connectivity index (χ0v) is 17.3. The van der Waals surface area contributed by atoms with E-state index in [1.807, 2.05) is 13.0 Å². The van der Waals surface area contributed by atoms with Gasteiger partial charge in [0.2, 0.25) is 15.9 Å². The van der Waals surface area contributed by atoms with Gasteiger partial charge in [-0.15, -0.1) is 0 Å². The van der Waals surface area contributed by atoms with Crippen molar-refractivity contribution in [2.75, 3.05) is 27.0 Å². The Balaban J connectivity index is 2.06. The molecular weight excluding hydrogens is 368 g/mol. The van der Waals surface area contributed by atoms with Crippen LogP contribution in [0.5, 0.6) is 11.5 Å². The first-order valence-corrected chi connectivity index (χ1v) is 11.1. The zero-order valence-electron chi connectivity index (χ0n) is 16.5. The second-order valence-electron chi connectivity index (χ2n) is 7.00. The Labute approximate surface area is 162 Å². The molecule has 1 aromatic rings. The number of sulfonamides is 1. The third-order valence-electron chi connectivity index (χ3n) is 4.99. The number of rotatable bonds is 8. The summed E-state index contributed by atoms with van der Waals surface area (Å²) in [6.45, 7) is 1.70. The number of carbonyl (C=O) groups excluding carboxylic acids is 1. The summed E-state index contributed by atoms with van der Waals surface area (Å²) in [5.41, 5.74) is 0.851. The molecule has 0 aromatic heterocycles. The van der Waals surface area contributed by atoms with Gasteiger partial charge in [0.25, 0.3) is 0 Å². The average molecular weight is 399 g/mol. The summed E-state index contributed by atoms with van der Waals surface area (Å²) in [4.78, 5) is 12.5. The number of carbonyl (C=O) groups is 1. The molecule has 0 saturated heterocycles. The van der Waals surface area contributed by atoms with Crippen LogP contribution in [-0.2, 0) is 14.8 Å². The van der Waals surface area contributed by atoms with E-state index < -0.39 is 10.0 Å². The molecule has 152 valence electrons. The van der Waals surface area contributed by atoms with E-state index in [9.17, 15) is 13.2 Å². The molecule has 1 fully saturated rings. The fourth-order valence-corrected chi connectivity index (χ4v) is 4.62. The van der Waals surface area contributed by atoms with Gasteiger partial charge in [-0.05, 0) is 37.5 Å². The van der Waals surface area contributed by atoms with E-state index in [-0.39, 0.29) is 24.5 Å². The second-order valence-corrected chi connectivity index (χ2v) is 8.94. The van der Waals surface area contributed by atoms with Crippen molar-refractivity contribution in [3.8, 4) is 11.5 Å². The summed E-state index contributed by atoms with van der Waals surface area (Å²) < 4.78 is 36.3. The maximum atomic E-state index is 12.5. The van der Waals surface area contributed by atoms with E-state index in [4.69, 9.17) is 9.47 Å². The van der Waals surface area contributed by atoms with Crippen LogP contribution in [0.3, 0.4) is 0 Å². The highest BCUT2D eigenvalue weighted by atomic mass is 32.2. The molecule has 1 amide bonds. The van der Waals surface area contributed by atoms with Gasteiger partial charge in [-0.3, -0.25) is 4.79 Å². The number of nitrogens with one attached hydrogen (secondary N) is 1.